The number of ether oxygens (including phenoxy) is 5. The first-order chi connectivity index (χ1) is 22.3. The normalized spacial score (nSPS) is 13.0. The van der Waals surface area contributed by atoms with E-state index in [1.807, 2.05) is 16.7 Å². The topological polar surface area (TPSA) is 163 Å². The van der Waals surface area contributed by atoms with Crippen LogP contribution in [-0.4, -0.2) is 48.6 Å². The van der Waals surface area contributed by atoms with Gasteiger partial charge in [0.25, 0.3) is 0 Å². The number of carbonyl (C=O) groups is 1. The molecular weight excluding hydrogens is 590 g/mol. The van der Waals surface area contributed by atoms with E-state index in [0.29, 0.717) is 51.3 Å². The molecule has 46 heavy (non-hydrogen) atoms. The average molecular weight is 628 g/mol. The summed E-state index contributed by atoms with van der Waals surface area (Å²) in [6, 6.07) is 7.20. The Balaban J connectivity index is 1.64. The molecule has 1 aliphatic rings. The summed E-state index contributed by atoms with van der Waals surface area (Å²) in [5.41, 5.74) is 14.6. The van der Waals surface area contributed by atoms with Crippen molar-refractivity contribution in [2.75, 3.05) is 39.4 Å². The van der Waals surface area contributed by atoms with E-state index >= 15 is 0 Å². The van der Waals surface area contributed by atoms with Crippen LogP contribution in [0, 0.1) is 11.8 Å². The number of pyridine rings is 1. The standard InChI is InChI=1S/C34H37N5O7/c1-5-45-34(41)46-27-19-39(24-9-7-6-8-10-24)28-25(29(27)40)14-13-21(31(28)44-4)11-12-22-15-20(17-26(42-2)30(22)43-3)16-23-18-37-33(36)38-32(23)35/h13-15,17-19,24H,5-10,16H2,1-4H3,(H4,35,36,37,38). The summed E-state index contributed by atoms with van der Waals surface area (Å²) in [4.78, 5) is 33.8. The van der Waals surface area contributed by atoms with Crippen LogP contribution in [0.2, 0.25) is 0 Å². The smallest absolute Gasteiger partial charge is 0.493 e. The Morgan fingerprint density at radius 1 is 0.978 bits per heavy atom. The molecule has 2 aromatic carbocycles. The minimum atomic E-state index is -0.929. The highest BCUT2D eigenvalue weighted by Gasteiger charge is 2.24. The van der Waals surface area contributed by atoms with Crippen LogP contribution in [0.3, 0.4) is 0 Å². The van der Waals surface area contributed by atoms with Gasteiger partial charge >= 0.3 is 6.16 Å². The van der Waals surface area contributed by atoms with Crippen LogP contribution in [0.1, 0.15) is 67.3 Å². The van der Waals surface area contributed by atoms with Gasteiger partial charge in [0, 0.05) is 24.2 Å². The molecule has 0 atom stereocenters. The van der Waals surface area contributed by atoms with Crippen molar-refractivity contribution in [2.45, 2.75) is 51.5 Å². The SMILES string of the molecule is CCOC(=O)Oc1cn(C2CCCCC2)c2c(OC)c(C#Cc3cc(Cc4cnc(N)nc4N)cc(OC)c3OC)ccc2c1=O. The molecule has 1 aliphatic carbocycles. The summed E-state index contributed by atoms with van der Waals surface area (Å²) < 4.78 is 29.5. The highest BCUT2D eigenvalue weighted by Crippen LogP contribution is 2.37. The number of hydrogen-bond acceptors (Lipinski definition) is 11. The maximum Gasteiger partial charge on any atom is 0.514 e. The second-order valence-corrected chi connectivity index (χ2v) is 10.8. The number of methoxy groups -OCH3 is 3. The molecule has 4 N–H and O–H groups in total. The van der Waals surface area contributed by atoms with Crippen molar-refractivity contribution in [1.82, 2.24) is 14.5 Å². The van der Waals surface area contributed by atoms with Gasteiger partial charge < -0.3 is 39.7 Å². The quantitative estimate of drug-likeness (QED) is 0.199. The largest absolute Gasteiger partial charge is 0.514 e. The number of rotatable bonds is 8. The number of hydrogen-bond donors (Lipinski definition) is 2. The Bertz CT molecular complexity index is 1890. The predicted octanol–water partition coefficient (Wildman–Crippen LogP) is 5.01. The van der Waals surface area contributed by atoms with E-state index in [4.69, 9.17) is 35.2 Å². The van der Waals surface area contributed by atoms with Gasteiger partial charge in [-0.25, -0.2) is 9.78 Å². The second-order valence-electron chi connectivity index (χ2n) is 10.8. The Kier molecular flexibility index (Phi) is 9.81. The molecule has 1 fully saturated rings. The number of nitrogens with zero attached hydrogens (tertiary/aromatic N) is 3. The molecule has 12 nitrogen and oxygen atoms in total. The molecule has 0 aliphatic heterocycles. The van der Waals surface area contributed by atoms with Crippen molar-refractivity contribution in [3.8, 4) is 34.8 Å². The van der Waals surface area contributed by atoms with Gasteiger partial charge in [-0.2, -0.15) is 4.98 Å². The molecule has 0 unspecified atom stereocenters. The van der Waals surface area contributed by atoms with E-state index in [0.717, 1.165) is 37.7 Å². The number of nitrogens with two attached hydrogens (primary N) is 2. The highest BCUT2D eigenvalue weighted by atomic mass is 16.7. The van der Waals surface area contributed by atoms with Gasteiger partial charge in [0.05, 0.1) is 56.2 Å². The van der Waals surface area contributed by atoms with E-state index in [1.165, 1.54) is 0 Å². The average Bonchev–Trinajstić information content (AvgIpc) is 3.06. The fraction of sp³-hybridized carbons (Fsp3) is 0.353. The first-order valence-corrected chi connectivity index (χ1v) is 15.0. The van der Waals surface area contributed by atoms with Crippen molar-refractivity contribution < 1.29 is 28.5 Å². The van der Waals surface area contributed by atoms with Crippen LogP contribution in [0.15, 0.2) is 41.5 Å². The first kappa shape index (κ1) is 32.0. The van der Waals surface area contributed by atoms with Crippen molar-refractivity contribution in [2.24, 2.45) is 0 Å². The molecular formula is C34H37N5O7. The van der Waals surface area contributed by atoms with Crippen LogP contribution in [0.4, 0.5) is 16.6 Å². The molecule has 1 saturated carbocycles. The summed E-state index contributed by atoms with van der Waals surface area (Å²) >= 11 is 0. The Morgan fingerprint density at radius 2 is 1.72 bits per heavy atom. The van der Waals surface area contributed by atoms with Crippen molar-refractivity contribution >= 4 is 28.8 Å². The van der Waals surface area contributed by atoms with Gasteiger partial charge in [0.15, 0.2) is 23.0 Å². The number of nitrogen functional groups attached to an aromatic ring is 2. The van der Waals surface area contributed by atoms with Gasteiger partial charge in [-0.05, 0) is 49.6 Å². The number of aromatic nitrogens is 3. The highest BCUT2D eigenvalue weighted by molar-refractivity contribution is 5.89. The van der Waals surface area contributed by atoms with Crippen LogP contribution in [0.25, 0.3) is 10.9 Å². The molecule has 2 aromatic heterocycles. The third-order valence-corrected chi connectivity index (χ3v) is 7.92. The van der Waals surface area contributed by atoms with E-state index < -0.39 is 11.6 Å². The third kappa shape index (κ3) is 6.63. The van der Waals surface area contributed by atoms with Crippen molar-refractivity contribution in [3.05, 3.63) is 69.1 Å². The number of anilines is 2. The monoisotopic (exact) mass is 627 g/mol. The zero-order chi connectivity index (χ0) is 32.8. The summed E-state index contributed by atoms with van der Waals surface area (Å²) in [6.45, 7) is 1.80. The fourth-order valence-electron chi connectivity index (χ4n) is 5.80. The zero-order valence-corrected chi connectivity index (χ0v) is 26.3. The minimum absolute atomic E-state index is 0.0734. The minimum Gasteiger partial charge on any atom is -0.493 e. The Hall–Kier alpha value is -5.44. The lowest BCUT2D eigenvalue weighted by atomic mass is 9.94. The number of fused-ring (bicyclic) bond motifs is 1. The van der Waals surface area contributed by atoms with Gasteiger partial charge in [0.2, 0.25) is 11.4 Å². The Labute approximate surface area is 266 Å². The summed E-state index contributed by atoms with van der Waals surface area (Å²) in [5.74, 6) is 8.11. The molecule has 5 rings (SSSR count). The molecule has 12 heteroatoms. The molecule has 0 amide bonds. The van der Waals surface area contributed by atoms with Crippen molar-refractivity contribution in [1.29, 1.82) is 0 Å². The van der Waals surface area contributed by atoms with Gasteiger partial charge in [-0.1, -0.05) is 31.1 Å². The molecule has 0 radical (unpaired) electrons. The van der Waals surface area contributed by atoms with Crippen LogP contribution in [-0.2, 0) is 11.2 Å². The van der Waals surface area contributed by atoms with Gasteiger partial charge in [0.1, 0.15) is 5.82 Å². The molecule has 2 heterocycles. The lowest BCUT2D eigenvalue weighted by Gasteiger charge is -2.27. The maximum absolute atomic E-state index is 13.6. The van der Waals surface area contributed by atoms with Crippen LogP contribution < -0.4 is 35.8 Å². The number of benzene rings is 2. The van der Waals surface area contributed by atoms with E-state index in [1.54, 1.807) is 52.8 Å². The van der Waals surface area contributed by atoms with E-state index in [9.17, 15) is 9.59 Å². The maximum atomic E-state index is 13.6. The van der Waals surface area contributed by atoms with Crippen LogP contribution in [0.5, 0.6) is 23.0 Å². The van der Waals surface area contributed by atoms with E-state index in [-0.39, 0.29) is 30.2 Å². The lowest BCUT2D eigenvalue weighted by molar-refractivity contribution is 0.103. The number of carbonyl (C=O) groups excluding carboxylic acids is 1. The predicted molar refractivity (Wildman–Crippen MR) is 174 cm³/mol. The van der Waals surface area contributed by atoms with Crippen molar-refractivity contribution in [3.63, 3.8) is 0 Å². The Morgan fingerprint density at radius 3 is 2.39 bits per heavy atom. The molecule has 240 valence electrons. The zero-order valence-electron chi connectivity index (χ0n) is 26.3. The lowest BCUT2D eigenvalue weighted by Crippen LogP contribution is -2.21. The molecule has 0 bridgehead atoms. The summed E-state index contributed by atoms with van der Waals surface area (Å²) in [6.07, 6.45) is 7.69. The summed E-state index contributed by atoms with van der Waals surface area (Å²) in [7, 11) is 4.64. The summed E-state index contributed by atoms with van der Waals surface area (Å²) in [5, 5.41) is 0.347. The molecule has 0 spiro atoms. The van der Waals surface area contributed by atoms with Crippen LogP contribution >= 0.6 is 0 Å². The molecule has 0 saturated heterocycles. The first-order valence-electron chi connectivity index (χ1n) is 15.0. The second kappa shape index (κ2) is 14.1. The van der Waals surface area contributed by atoms with Gasteiger partial charge in [-0.15, -0.1) is 0 Å². The van der Waals surface area contributed by atoms with Gasteiger partial charge in [-0.3, -0.25) is 4.79 Å². The fourth-order valence-corrected chi connectivity index (χ4v) is 5.80. The third-order valence-electron chi connectivity index (χ3n) is 7.92. The molecule has 4 aromatic rings. The van der Waals surface area contributed by atoms with E-state index in [2.05, 4.69) is 21.8 Å².